The van der Waals surface area contributed by atoms with Crippen LogP contribution in [-0.4, -0.2) is 6.61 Å². The molecule has 0 spiro atoms. The average molecular weight is 232 g/mol. The fourth-order valence-corrected chi connectivity index (χ4v) is 2.53. The molecule has 2 rings (SSSR count). The fourth-order valence-electron chi connectivity index (χ4n) is 2.53. The number of rotatable bonds is 7. The van der Waals surface area contributed by atoms with Crippen molar-refractivity contribution >= 4 is 0 Å². The Kier molecular flexibility index (Phi) is 4.90. The van der Waals surface area contributed by atoms with Crippen LogP contribution in [0.2, 0.25) is 0 Å². The second-order valence-corrected chi connectivity index (χ2v) is 5.05. The van der Waals surface area contributed by atoms with Crippen molar-refractivity contribution in [3.05, 3.63) is 29.3 Å². The summed E-state index contributed by atoms with van der Waals surface area (Å²) < 4.78 is 5.81. The van der Waals surface area contributed by atoms with E-state index < -0.39 is 0 Å². The van der Waals surface area contributed by atoms with Gasteiger partial charge in [0.2, 0.25) is 0 Å². The van der Waals surface area contributed by atoms with Gasteiger partial charge in [-0.1, -0.05) is 38.7 Å². The summed E-state index contributed by atoms with van der Waals surface area (Å²) in [7, 11) is 0. The normalized spacial score (nSPS) is 13.7. The third-order valence-corrected chi connectivity index (χ3v) is 3.59. The SMILES string of the molecule is CCCCCCCOc1ccc2c(c1)CCC2. The van der Waals surface area contributed by atoms with Crippen LogP contribution in [0.1, 0.15) is 56.6 Å². The van der Waals surface area contributed by atoms with Gasteiger partial charge in [0.05, 0.1) is 6.61 Å². The smallest absolute Gasteiger partial charge is 0.119 e. The summed E-state index contributed by atoms with van der Waals surface area (Å²) in [6.07, 6.45) is 10.3. The number of fused-ring (bicyclic) bond motifs is 1. The van der Waals surface area contributed by atoms with Gasteiger partial charge in [0.25, 0.3) is 0 Å². The molecule has 0 saturated carbocycles. The number of hydrogen-bond acceptors (Lipinski definition) is 1. The highest BCUT2D eigenvalue weighted by Gasteiger charge is 2.10. The molecule has 0 amide bonds. The molecule has 0 radical (unpaired) electrons. The van der Waals surface area contributed by atoms with Crippen molar-refractivity contribution < 1.29 is 4.74 Å². The van der Waals surface area contributed by atoms with Crippen LogP contribution in [-0.2, 0) is 12.8 Å². The van der Waals surface area contributed by atoms with E-state index in [0.717, 1.165) is 12.4 Å². The molecule has 1 nitrogen and oxygen atoms in total. The Hall–Kier alpha value is -0.980. The van der Waals surface area contributed by atoms with Crippen molar-refractivity contribution in [3.63, 3.8) is 0 Å². The molecular formula is C16H24O. The average Bonchev–Trinajstić information content (AvgIpc) is 2.81. The molecule has 0 aliphatic heterocycles. The Bertz CT molecular complexity index is 343. The van der Waals surface area contributed by atoms with E-state index in [1.54, 1.807) is 0 Å². The van der Waals surface area contributed by atoms with Gasteiger partial charge in [-0.15, -0.1) is 0 Å². The van der Waals surface area contributed by atoms with Crippen molar-refractivity contribution in [1.82, 2.24) is 0 Å². The van der Waals surface area contributed by atoms with Gasteiger partial charge in [-0.25, -0.2) is 0 Å². The summed E-state index contributed by atoms with van der Waals surface area (Å²) >= 11 is 0. The van der Waals surface area contributed by atoms with E-state index in [9.17, 15) is 0 Å². The molecule has 0 bridgehead atoms. The zero-order valence-electron chi connectivity index (χ0n) is 11.0. The van der Waals surface area contributed by atoms with Crippen LogP contribution >= 0.6 is 0 Å². The zero-order valence-corrected chi connectivity index (χ0v) is 11.0. The van der Waals surface area contributed by atoms with Crippen molar-refractivity contribution in [1.29, 1.82) is 0 Å². The Balaban J connectivity index is 1.69. The van der Waals surface area contributed by atoms with E-state index in [2.05, 4.69) is 25.1 Å². The van der Waals surface area contributed by atoms with Crippen molar-refractivity contribution in [2.75, 3.05) is 6.61 Å². The molecule has 1 aliphatic carbocycles. The van der Waals surface area contributed by atoms with Crippen LogP contribution in [0.5, 0.6) is 5.75 Å². The molecule has 0 fully saturated rings. The highest BCUT2D eigenvalue weighted by atomic mass is 16.5. The fraction of sp³-hybridized carbons (Fsp3) is 0.625. The number of ether oxygens (including phenoxy) is 1. The van der Waals surface area contributed by atoms with Crippen molar-refractivity contribution in [2.45, 2.75) is 58.3 Å². The molecule has 94 valence electrons. The minimum absolute atomic E-state index is 0.877. The molecule has 1 aromatic rings. The lowest BCUT2D eigenvalue weighted by Crippen LogP contribution is -1.98. The molecule has 0 atom stereocenters. The number of aryl methyl sites for hydroxylation is 2. The maximum absolute atomic E-state index is 5.81. The maximum atomic E-state index is 5.81. The molecule has 0 unspecified atom stereocenters. The first-order chi connectivity index (χ1) is 8.40. The molecule has 1 heteroatoms. The Morgan fingerprint density at radius 2 is 1.82 bits per heavy atom. The van der Waals surface area contributed by atoms with Crippen LogP contribution in [0.3, 0.4) is 0 Å². The van der Waals surface area contributed by atoms with Gasteiger partial charge >= 0.3 is 0 Å². The molecule has 0 aromatic heterocycles. The standard InChI is InChI=1S/C16H24O/c1-2-3-4-5-6-12-17-16-11-10-14-8-7-9-15(14)13-16/h10-11,13H,2-9,12H2,1H3. The van der Waals surface area contributed by atoms with E-state index in [1.807, 2.05) is 0 Å². The topological polar surface area (TPSA) is 9.23 Å². The number of benzene rings is 1. The Labute approximate surface area is 105 Å². The molecular weight excluding hydrogens is 208 g/mol. The summed E-state index contributed by atoms with van der Waals surface area (Å²) in [4.78, 5) is 0. The van der Waals surface area contributed by atoms with Crippen LogP contribution < -0.4 is 4.74 Å². The second kappa shape index (κ2) is 6.68. The first-order valence-corrected chi connectivity index (χ1v) is 7.15. The summed E-state index contributed by atoms with van der Waals surface area (Å²) in [6.45, 7) is 3.13. The largest absolute Gasteiger partial charge is 0.494 e. The monoisotopic (exact) mass is 232 g/mol. The highest BCUT2D eigenvalue weighted by Crippen LogP contribution is 2.26. The van der Waals surface area contributed by atoms with Gasteiger partial charge in [-0.2, -0.15) is 0 Å². The van der Waals surface area contributed by atoms with Gasteiger partial charge in [-0.3, -0.25) is 0 Å². The summed E-state index contributed by atoms with van der Waals surface area (Å²) in [6, 6.07) is 6.62. The molecule has 1 aliphatic rings. The minimum atomic E-state index is 0.877. The highest BCUT2D eigenvalue weighted by molar-refractivity contribution is 5.38. The third kappa shape index (κ3) is 3.76. The van der Waals surface area contributed by atoms with E-state index in [-0.39, 0.29) is 0 Å². The molecule has 0 N–H and O–H groups in total. The Morgan fingerprint density at radius 3 is 2.71 bits per heavy atom. The summed E-state index contributed by atoms with van der Waals surface area (Å²) in [5, 5.41) is 0. The lowest BCUT2D eigenvalue weighted by atomic mass is 10.1. The molecule has 0 saturated heterocycles. The maximum Gasteiger partial charge on any atom is 0.119 e. The molecule has 17 heavy (non-hydrogen) atoms. The zero-order chi connectivity index (χ0) is 11.9. The lowest BCUT2D eigenvalue weighted by molar-refractivity contribution is 0.304. The van der Waals surface area contributed by atoms with Gasteiger partial charge in [-0.05, 0) is 48.9 Å². The first kappa shape index (κ1) is 12.5. The number of unbranched alkanes of at least 4 members (excludes halogenated alkanes) is 4. The van der Waals surface area contributed by atoms with E-state index in [0.29, 0.717) is 0 Å². The van der Waals surface area contributed by atoms with Crippen LogP contribution in [0.25, 0.3) is 0 Å². The van der Waals surface area contributed by atoms with E-state index in [4.69, 9.17) is 4.74 Å². The third-order valence-electron chi connectivity index (χ3n) is 3.59. The first-order valence-electron chi connectivity index (χ1n) is 7.15. The van der Waals surface area contributed by atoms with Crippen LogP contribution in [0, 0.1) is 0 Å². The van der Waals surface area contributed by atoms with E-state index in [1.165, 1.54) is 62.5 Å². The number of hydrogen-bond donors (Lipinski definition) is 0. The van der Waals surface area contributed by atoms with Crippen LogP contribution in [0.15, 0.2) is 18.2 Å². The molecule has 0 heterocycles. The Morgan fingerprint density at radius 1 is 1.00 bits per heavy atom. The quantitative estimate of drug-likeness (QED) is 0.628. The summed E-state index contributed by atoms with van der Waals surface area (Å²) in [5.74, 6) is 1.07. The second-order valence-electron chi connectivity index (χ2n) is 5.05. The lowest BCUT2D eigenvalue weighted by Gasteiger charge is -2.08. The van der Waals surface area contributed by atoms with Crippen LogP contribution in [0.4, 0.5) is 0 Å². The van der Waals surface area contributed by atoms with Gasteiger partial charge in [0.15, 0.2) is 0 Å². The predicted molar refractivity (Wildman–Crippen MR) is 72.7 cm³/mol. The van der Waals surface area contributed by atoms with Gasteiger partial charge in [0.1, 0.15) is 5.75 Å². The molecule has 1 aromatic carbocycles. The van der Waals surface area contributed by atoms with Crippen molar-refractivity contribution in [2.24, 2.45) is 0 Å². The minimum Gasteiger partial charge on any atom is -0.494 e. The van der Waals surface area contributed by atoms with Gasteiger partial charge in [0, 0.05) is 0 Å². The summed E-state index contributed by atoms with van der Waals surface area (Å²) in [5.41, 5.74) is 3.04. The van der Waals surface area contributed by atoms with E-state index >= 15 is 0 Å². The van der Waals surface area contributed by atoms with Gasteiger partial charge < -0.3 is 4.74 Å². The van der Waals surface area contributed by atoms with Crippen molar-refractivity contribution in [3.8, 4) is 5.75 Å². The predicted octanol–water partition coefficient (Wildman–Crippen LogP) is 4.52.